The number of carbonyl (C=O) groups is 1. The van der Waals surface area contributed by atoms with Crippen molar-refractivity contribution < 1.29 is 14.3 Å². The van der Waals surface area contributed by atoms with Crippen molar-refractivity contribution in [3.05, 3.63) is 53.9 Å². The third-order valence-corrected chi connectivity index (χ3v) is 4.39. The average molecular weight is 369 g/mol. The summed E-state index contributed by atoms with van der Waals surface area (Å²) in [5.41, 5.74) is 8.11. The number of anilines is 2. The van der Waals surface area contributed by atoms with Gasteiger partial charge < -0.3 is 20.5 Å². The molecule has 6 nitrogen and oxygen atoms in total. The Morgan fingerprint density at radius 3 is 2.35 bits per heavy atom. The molecule has 0 spiro atoms. The van der Waals surface area contributed by atoms with E-state index >= 15 is 0 Å². The second-order valence-electron chi connectivity index (χ2n) is 5.57. The fourth-order valence-electron chi connectivity index (χ4n) is 2.30. The number of thiazole rings is 1. The Bertz CT molecular complexity index is 876. The molecule has 1 unspecified atom stereocenters. The van der Waals surface area contributed by atoms with Crippen LogP contribution < -0.4 is 20.5 Å². The molecule has 0 fully saturated rings. The van der Waals surface area contributed by atoms with Gasteiger partial charge in [-0.15, -0.1) is 11.3 Å². The molecule has 0 saturated carbocycles. The minimum atomic E-state index is -0.641. The van der Waals surface area contributed by atoms with Crippen molar-refractivity contribution >= 4 is 28.1 Å². The number of hydrogen-bond donors (Lipinski definition) is 2. The molecule has 1 amide bonds. The molecule has 0 aliphatic heterocycles. The van der Waals surface area contributed by atoms with E-state index in [0.29, 0.717) is 16.6 Å². The SMILES string of the molecule is COc1ccc(NC(=O)C(C)Oc2ccc(-c3csc(N)n3)cc2)cc1. The highest BCUT2D eigenvalue weighted by Crippen LogP contribution is 2.25. The number of aromatic nitrogens is 1. The number of amides is 1. The molecule has 134 valence electrons. The van der Waals surface area contributed by atoms with Gasteiger partial charge in [-0.2, -0.15) is 0 Å². The lowest BCUT2D eigenvalue weighted by molar-refractivity contribution is -0.122. The Morgan fingerprint density at radius 1 is 1.12 bits per heavy atom. The highest BCUT2D eigenvalue weighted by atomic mass is 32.1. The normalized spacial score (nSPS) is 11.6. The minimum Gasteiger partial charge on any atom is -0.497 e. The number of rotatable bonds is 6. The number of carbonyl (C=O) groups excluding carboxylic acids is 1. The molecule has 3 N–H and O–H groups in total. The number of methoxy groups -OCH3 is 1. The lowest BCUT2D eigenvalue weighted by Crippen LogP contribution is -2.30. The maximum Gasteiger partial charge on any atom is 0.265 e. The number of hydrogen-bond acceptors (Lipinski definition) is 6. The van der Waals surface area contributed by atoms with Crippen molar-refractivity contribution in [2.45, 2.75) is 13.0 Å². The van der Waals surface area contributed by atoms with Crippen LogP contribution in [0.1, 0.15) is 6.92 Å². The van der Waals surface area contributed by atoms with Crippen molar-refractivity contribution in [3.8, 4) is 22.8 Å². The van der Waals surface area contributed by atoms with Gasteiger partial charge in [0.05, 0.1) is 12.8 Å². The van der Waals surface area contributed by atoms with Gasteiger partial charge in [0, 0.05) is 16.6 Å². The molecule has 0 radical (unpaired) electrons. The van der Waals surface area contributed by atoms with Crippen LogP contribution in [0.3, 0.4) is 0 Å². The van der Waals surface area contributed by atoms with E-state index in [-0.39, 0.29) is 5.91 Å². The minimum absolute atomic E-state index is 0.230. The van der Waals surface area contributed by atoms with Gasteiger partial charge in [-0.1, -0.05) is 0 Å². The standard InChI is InChI=1S/C19H19N3O3S/c1-12(18(23)21-14-5-9-15(24-2)10-6-14)25-16-7-3-13(4-8-16)17-11-26-19(20)22-17/h3-12H,1-2H3,(H2,20,22)(H,21,23). The maximum atomic E-state index is 12.3. The zero-order valence-corrected chi connectivity index (χ0v) is 15.2. The van der Waals surface area contributed by atoms with E-state index in [2.05, 4.69) is 10.3 Å². The second-order valence-corrected chi connectivity index (χ2v) is 6.46. The van der Waals surface area contributed by atoms with Crippen LogP contribution in [0.5, 0.6) is 11.5 Å². The van der Waals surface area contributed by atoms with Gasteiger partial charge in [0.25, 0.3) is 5.91 Å². The summed E-state index contributed by atoms with van der Waals surface area (Å²) in [6.45, 7) is 1.70. The molecule has 3 rings (SSSR count). The van der Waals surface area contributed by atoms with Crippen LogP contribution in [-0.2, 0) is 4.79 Å². The monoisotopic (exact) mass is 369 g/mol. The molecule has 1 heterocycles. The highest BCUT2D eigenvalue weighted by molar-refractivity contribution is 7.13. The molecule has 7 heteroatoms. The topological polar surface area (TPSA) is 86.5 Å². The first-order valence-electron chi connectivity index (χ1n) is 7.98. The molecule has 1 aromatic heterocycles. The summed E-state index contributed by atoms with van der Waals surface area (Å²) >= 11 is 1.40. The molecular weight excluding hydrogens is 350 g/mol. The van der Waals surface area contributed by atoms with Crippen LogP contribution in [0, 0.1) is 0 Å². The first kappa shape index (κ1) is 17.8. The fraction of sp³-hybridized carbons (Fsp3) is 0.158. The maximum absolute atomic E-state index is 12.3. The first-order valence-corrected chi connectivity index (χ1v) is 8.86. The average Bonchev–Trinajstić information content (AvgIpc) is 3.09. The quantitative estimate of drug-likeness (QED) is 0.690. The predicted octanol–water partition coefficient (Wildman–Crippen LogP) is 3.81. The van der Waals surface area contributed by atoms with Crippen LogP contribution >= 0.6 is 11.3 Å². The Hall–Kier alpha value is -3.06. The molecule has 0 aliphatic rings. The molecular formula is C19H19N3O3S. The number of benzene rings is 2. The predicted molar refractivity (Wildman–Crippen MR) is 104 cm³/mol. The first-order chi connectivity index (χ1) is 12.5. The third kappa shape index (κ3) is 4.31. The number of nitrogens with two attached hydrogens (primary N) is 1. The molecule has 26 heavy (non-hydrogen) atoms. The molecule has 0 bridgehead atoms. The molecule has 0 aliphatic carbocycles. The van der Waals surface area contributed by atoms with Crippen LogP contribution in [0.2, 0.25) is 0 Å². The molecule has 1 atom stereocenters. The van der Waals surface area contributed by atoms with Gasteiger partial charge in [-0.05, 0) is 55.5 Å². The van der Waals surface area contributed by atoms with E-state index in [1.54, 1.807) is 38.3 Å². The third-order valence-electron chi connectivity index (χ3n) is 3.71. The zero-order chi connectivity index (χ0) is 18.5. The van der Waals surface area contributed by atoms with E-state index in [1.165, 1.54) is 11.3 Å². The van der Waals surface area contributed by atoms with E-state index in [9.17, 15) is 4.79 Å². The number of nitrogens with zero attached hydrogens (tertiary/aromatic N) is 1. The molecule has 3 aromatic rings. The summed E-state index contributed by atoms with van der Waals surface area (Å²) < 4.78 is 10.8. The summed E-state index contributed by atoms with van der Waals surface area (Å²) in [5, 5.41) is 5.24. The van der Waals surface area contributed by atoms with E-state index in [4.69, 9.17) is 15.2 Å². The van der Waals surface area contributed by atoms with Gasteiger partial charge in [0.1, 0.15) is 11.5 Å². The highest BCUT2D eigenvalue weighted by Gasteiger charge is 2.15. The van der Waals surface area contributed by atoms with E-state index < -0.39 is 6.10 Å². The van der Waals surface area contributed by atoms with Crippen molar-refractivity contribution in [3.63, 3.8) is 0 Å². The summed E-state index contributed by atoms with van der Waals surface area (Å²) in [6.07, 6.45) is -0.641. The number of nitrogens with one attached hydrogen (secondary N) is 1. The fourth-order valence-corrected chi connectivity index (χ4v) is 2.87. The number of nitrogen functional groups attached to an aromatic ring is 1. The van der Waals surface area contributed by atoms with Crippen molar-refractivity contribution in [2.24, 2.45) is 0 Å². The van der Waals surface area contributed by atoms with E-state index in [1.807, 2.05) is 29.6 Å². The van der Waals surface area contributed by atoms with Gasteiger partial charge in [0.15, 0.2) is 11.2 Å². The lowest BCUT2D eigenvalue weighted by atomic mass is 10.2. The Kier molecular flexibility index (Phi) is 5.38. The largest absolute Gasteiger partial charge is 0.497 e. The van der Waals surface area contributed by atoms with Gasteiger partial charge in [-0.25, -0.2) is 4.98 Å². The van der Waals surface area contributed by atoms with Gasteiger partial charge >= 0.3 is 0 Å². The van der Waals surface area contributed by atoms with Crippen molar-refractivity contribution in [1.82, 2.24) is 4.98 Å². The summed E-state index contributed by atoms with van der Waals surface area (Å²) in [4.78, 5) is 16.5. The smallest absolute Gasteiger partial charge is 0.265 e. The number of ether oxygens (including phenoxy) is 2. The van der Waals surface area contributed by atoms with Crippen LogP contribution in [0.4, 0.5) is 10.8 Å². The molecule has 2 aromatic carbocycles. The summed E-state index contributed by atoms with van der Waals surface area (Å²) in [5.74, 6) is 1.11. The summed E-state index contributed by atoms with van der Waals surface area (Å²) in [6, 6.07) is 14.5. The van der Waals surface area contributed by atoms with Crippen molar-refractivity contribution in [2.75, 3.05) is 18.2 Å². The van der Waals surface area contributed by atoms with E-state index in [0.717, 1.165) is 17.0 Å². The van der Waals surface area contributed by atoms with Gasteiger partial charge in [0.2, 0.25) is 0 Å². The van der Waals surface area contributed by atoms with Crippen LogP contribution in [-0.4, -0.2) is 24.1 Å². The molecule has 0 saturated heterocycles. The Labute approximate surface area is 155 Å². The Balaban J connectivity index is 1.59. The summed E-state index contributed by atoms with van der Waals surface area (Å²) in [7, 11) is 1.60. The zero-order valence-electron chi connectivity index (χ0n) is 14.4. The van der Waals surface area contributed by atoms with Gasteiger partial charge in [-0.3, -0.25) is 4.79 Å². The van der Waals surface area contributed by atoms with Crippen LogP contribution in [0.15, 0.2) is 53.9 Å². The van der Waals surface area contributed by atoms with Crippen LogP contribution in [0.25, 0.3) is 11.3 Å². The van der Waals surface area contributed by atoms with Crippen molar-refractivity contribution in [1.29, 1.82) is 0 Å². The Morgan fingerprint density at radius 2 is 1.77 bits per heavy atom. The lowest BCUT2D eigenvalue weighted by Gasteiger charge is -2.15. The second kappa shape index (κ2) is 7.88.